The first kappa shape index (κ1) is 23.1. The third kappa shape index (κ3) is 4.13. The van der Waals surface area contributed by atoms with Crippen LogP contribution in [-0.2, 0) is 48.2 Å². The molecule has 1 heterocycles. The maximum absolute atomic E-state index is 13.4. The van der Waals surface area contributed by atoms with E-state index in [1.54, 1.807) is 0 Å². The van der Waals surface area contributed by atoms with Crippen molar-refractivity contribution in [3.63, 3.8) is 0 Å². The second-order valence-electron chi connectivity index (χ2n) is 7.55. The number of hydrogen-bond donors (Lipinski definition) is 1. The van der Waals surface area contributed by atoms with E-state index < -0.39 is 88.3 Å². The molecular weight excluding hydrogens is 450 g/mol. The highest BCUT2D eigenvalue weighted by molar-refractivity contribution is 7.86. The molecule has 3 aliphatic rings. The summed E-state index contributed by atoms with van der Waals surface area (Å²) >= 11 is 0. The molecule has 0 spiro atoms. The molecule has 11 nitrogen and oxygen atoms in total. The maximum Gasteiger partial charge on any atom is 0.402 e. The Morgan fingerprint density at radius 1 is 1.26 bits per heavy atom. The van der Waals surface area contributed by atoms with E-state index in [-0.39, 0.29) is 12.0 Å². The van der Waals surface area contributed by atoms with Crippen LogP contribution in [0, 0.1) is 23.7 Å². The normalized spacial score (nSPS) is 31.2. The van der Waals surface area contributed by atoms with Crippen LogP contribution in [0.25, 0.3) is 0 Å². The summed E-state index contributed by atoms with van der Waals surface area (Å²) in [6, 6.07) is 0. The van der Waals surface area contributed by atoms with E-state index in [9.17, 15) is 36.4 Å². The Kier molecular flexibility index (Phi) is 5.82. The summed E-state index contributed by atoms with van der Waals surface area (Å²) in [6.45, 7) is 1.99. The predicted octanol–water partition coefficient (Wildman–Crippen LogP) is -0.151. The molecule has 2 bridgehead atoms. The van der Waals surface area contributed by atoms with E-state index in [0.717, 1.165) is 0 Å². The molecule has 2 saturated carbocycles. The number of halogens is 2. The lowest BCUT2D eigenvalue weighted by atomic mass is 9.78. The average Bonchev–Trinajstić information content (AvgIpc) is 3.26. The number of carbonyl (C=O) groups is 4. The Morgan fingerprint density at radius 2 is 1.90 bits per heavy atom. The van der Waals surface area contributed by atoms with Crippen molar-refractivity contribution in [1.29, 1.82) is 0 Å². The lowest BCUT2D eigenvalue weighted by molar-refractivity contribution is -0.172. The topological polar surface area (TPSA) is 160 Å². The minimum atomic E-state index is -5.82. The van der Waals surface area contributed by atoms with E-state index in [0.29, 0.717) is 0 Å². The SMILES string of the molecule is C=C(C)C(=O)OCC(=O)OC1C2CC3C1OC(=O)C3C2C(=O)OCC(F)(F)S(=O)(=O)O. The van der Waals surface area contributed by atoms with Crippen LogP contribution in [0.1, 0.15) is 13.3 Å². The second kappa shape index (κ2) is 7.82. The van der Waals surface area contributed by atoms with Crippen molar-refractivity contribution < 1.29 is 59.9 Å². The van der Waals surface area contributed by atoms with E-state index in [1.165, 1.54) is 6.92 Å². The lowest BCUT2D eigenvalue weighted by Crippen LogP contribution is -2.45. The molecule has 0 aromatic rings. The summed E-state index contributed by atoms with van der Waals surface area (Å²) in [5, 5.41) is -4.74. The summed E-state index contributed by atoms with van der Waals surface area (Å²) < 4.78 is 76.0. The first-order valence-corrected chi connectivity index (χ1v) is 10.4. The summed E-state index contributed by atoms with van der Waals surface area (Å²) in [5.41, 5.74) is 0.0461. The molecular formula is C17H18F2O11S. The molecule has 14 heteroatoms. The zero-order valence-corrected chi connectivity index (χ0v) is 16.8. The lowest BCUT2D eigenvalue weighted by Gasteiger charge is -2.30. The summed E-state index contributed by atoms with van der Waals surface area (Å²) in [5.74, 6) is -7.62. The van der Waals surface area contributed by atoms with Crippen LogP contribution in [0.2, 0.25) is 0 Å². The number of hydrogen-bond acceptors (Lipinski definition) is 10. The van der Waals surface area contributed by atoms with Gasteiger partial charge in [0.25, 0.3) is 0 Å². The first-order valence-electron chi connectivity index (χ1n) is 8.98. The van der Waals surface area contributed by atoms with E-state index in [2.05, 4.69) is 16.1 Å². The highest BCUT2D eigenvalue weighted by atomic mass is 32.2. The fraction of sp³-hybridized carbons (Fsp3) is 0.647. The zero-order valence-electron chi connectivity index (χ0n) is 16.0. The summed E-state index contributed by atoms with van der Waals surface area (Å²) in [6.07, 6.45) is -1.77. The predicted molar refractivity (Wildman–Crippen MR) is 91.6 cm³/mol. The van der Waals surface area contributed by atoms with Gasteiger partial charge in [-0.05, 0) is 13.3 Å². The number of fused-ring (bicyclic) bond motifs is 1. The Bertz CT molecular complexity index is 944. The van der Waals surface area contributed by atoms with Gasteiger partial charge in [0.2, 0.25) is 0 Å². The molecule has 0 amide bonds. The van der Waals surface area contributed by atoms with E-state index in [1.807, 2.05) is 0 Å². The van der Waals surface area contributed by atoms with Crippen molar-refractivity contribution in [3.05, 3.63) is 12.2 Å². The number of rotatable bonds is 8. The number of esters is 4. The summed E-state index contributed by atoms with van der Waals surface area (Å²) in [4.78, 5) is 47.9. The minimum absolute atomic E-state index is 0.0461. The zero-order chi connectivity index (χ0) is 23.3. The number of alkyl halides is 2. The van der Waals surface area contributed by atoms with Gasteiger partial charge < -0.3 is 18.9 Å². The molecule has 6 unspecified atom stereocenters. The van der Waals surface area contributed by atoms with Crippen molar-refractivity contribution in [2.75, 3.05) is 13.2 Å². The third-order valence-electron chi connectivity index (χ3n) is 5.52. The quantitative estimate of drug-likeness (QED) is 0.218. The van der Waals surface area contributed by atoms with Gasteiger partial charge in [-0.1, -0.05) is 6.58 Å². The van der Waals surface area contributed by atoms with Gasteiger partial charge in [0.05, 0.1) is 11.8 Å². The van der Waals surface area contributed by atoms with Crippen molar-refractivity contribution in [2.24, 2.45) is 23.7 Å². The van der Waals surface area contributed by atoms with Crippen LogP contribution >= 0.6 is 0 Å². The maximum atomic E-state index is 13.4. The van der Waals surface area contributed by atoms with E-state index in [4.69, 9.17) is 14.0 Å². The molecule has 0 radical (unpaired) electrons. The van der Waals surface area contributed by atoms with Crippen LogP contribution in [0.15, 0.2) is 12.2 Å². The Hall–Kier alpha value is -2.61. The summed E-state index contributed by atoms with van der Waals surface area (Å²) in [7, 11) is -5.82. The van der Waals surface area contributed by atoms with E-state index >= 15 is 0 Å². The molecule has 6 atom stereocenters. The number of carbonyl (C=O) groups excluding carboxylic acids is 4. The molecule has 1 aliphatic heterocycles. The highest BCUT2D eigenvalue weighted by Crippen LogP contribution is 2.59. The van der Waals surface area contributed by atoms with Gasteiger partial charge in [-0.2, -0.15) is 17.2 Å². The van der Waals surface area contributed by atoms with Crippen LogP contribution in [0.3, 0.4) is 0 Å². The number of ether oxygens (including phenoxy) is 4. The van der Waals surface area contributed by atoms with Gasteiger partial charge in [-0.25, -0.2) is 9.59 Å². The monoisotopic (exact) mass is 468 g/mol. The first-order chi connectivity index (χ1) is 14.2. The van der Waals surface area contributed by atoms with Crippen molar-refractivity contribution in [2.45, 2.75) is 30.8 Å². The Labute approximate surface area is 174 Å². The molecule has 3 fully saturated rings. The third-order valence-corrected chi connectivity index (χ3v) is 6.39. The fourth-order valence-electron chi connectivity index (χ4n) is 4.23. The molecule has 1 saturated heterocycles. The molecule has 3 rings (SSSR count). The van der Waals surface area contributed by atoms with Crippen LogP contribution < -0.4 is 0 Å². The largest absolute Gasteiger partial charge is 0.458 e. The van der Waals surface area contributed by atoms with Crippen LogP contribution in [0.5, 0.6) is 0 Å². The molecule has 31 heavy (non-hydrogen) atoms. The van der Waals surface area contributed by atoms with Gasteiger partial charge in [0.1, 0.15) is 12.2 Å². The van der Waals surface area contributed by atoms with Gasteiger partial charge in [0, 0.05) is 17.4 Å². The second-order valence-corrected chi connectivity index (χ2v) is 9.09. The van der Waals surface area contributed by atoms with Crippen LogP contribution in [0.4, 0.5) is 8.78 Å². The van der Waals surface area contributed by atoms with Gasteiger partial charge in [-0.15, -0.1) is 0 Å². The highest BCUT2D eigenvalue weighted by Gasteiger charge is 2.70. The van der Waals surface area contributed by atoms with Gasteiger partial charge in [0.15, 0.2) is 13.2 Å². The molecule has 2 aliphatic carbocycles. The smallest absolute Gasteiger partial charge is 0.402 e. The Morgan fingerprint density at radius 3 is 2.48 bits per heavy atom. The van der Waals surface area contributed by atoms with Gasteiger partial charge in [-0.3, -0.25) is 14.1 Å². The van der Waals surface area contributed by atoms with Crippen molar-refractivity contribution >= 4 is 34.0 Å². The Balaban J connectivity index is 1.68. The molecule has 1 N–H and O–H groups in total. The molecule has 0 aromatic heterocycles. The standard InChI is InChI=1S/C17H18F2O11S/c1-6(2)14(21)27-4-9(20)29-12-7-3-8-11(16(23)30-13(8)12)10(7)15(22)28-5-17(18,19)31(24,25)26/h7-8,10-13H,1,3-5H2,2H3,(H,24,25,26). The average molecular weight is 468 g/mol. The fourth-order valence-corrected chi connectivity index (χ4v) is 4.44. The van der Waals surface area contributed by atoms with Crippen LogP contribution in [-0.4, -0.2) is 67.5 Å². The van der Waals surface area contributed by atoms with Gasteiger partial charge >= 0.3 is 39.2 Å². The molecule has 172 valence electrons. The minimum Gasteiger partial charge on any atom is -0.458 e. The molecule has 0 aromatic carbocycles. The van der Waals surface area contributed by atoms with Crippen molar-refractivity contribution in [3.8, 4) is 0 Å². The van der Waals surface area contributed by atoms with Crippen molar-refractivity contribution in [1.82, 2.24) is 0 Å².